The van der Waals surface area contributed by atoms with E-state index in [1.807, 2.05) is 0 Å². The van der Waals surface area contributed by atoms with E-state index < -0.39 is 17.5 Å². The zero-order chi connectivity index (χ0) is 17.7. The van der Waals surface area contributed by atoms with Crippen LogP contribution in [-0.2, 0) is 6.42 Å². The molecule has 0 saturated carbocycles. The molecule has 0 radical (unpaired) electrons. The minimum atomic E-state index is -0.884. The van der Waals surface area contributed by atoms with E-state index in [9.17, 15) is 18.7 Å². The number of para-hydroxylation sites is 1. The average molecular weight is 335 g/mol. The molecule has 2 aromatic rings. The van der Waals surface area contributed by atoms with Crippen molar-refractivity contribution < 1.29 is 23.4 Å². The number of amides is 1. The lowest BCUT2D eigenvalue weighted by Gasteiger charge is -2.15. The molecule has 0 fully saturated rings. The van der Waals surface area contributed by atoms with Crippen LogP contribution in [0.3, 0.4) is 0 Å². The Bertz CT molecular complexity index is 734. The number of ether oxygens (including phenoxy) is 1. The summed E-state index contributed by atoms with van der Waals surface area (Å²) in [6, 6.07) is 8.20. The summed E-state index contributed by atoms with van der Waals surface area (Å²) in [6.07, 6.45) is 1.03. The van der Waals surface area contributed by atoms with Gasteiger partial charge in [-0.15, -0.1) is 0 Å². The first kappa shape index (κ1) is 17.7. The Kier molecular flexibility index (Phi) is 5.73. The second-order valence-electron chi connectivity index (χ2n) is 5.52. The highest BCUT2D eigenvalue weighted by molar-refractivity contribution is 5.97. The van der Waals surface area contributed by atoms with Crippen molar-refractivity contribution in [2.45, 2.75) is 25.8 Å². The van der Waals surface area contributed by atoms with Crippen LogP contribution in [-0.4, -0.2) is 24.2 Å². The number of hydrogen-bond donors (Lipinski definition) is 2. The third-order valence-corrected chi connectivity index (χ3v) is 3.69. The number of rotatable bonds is 6. The summed E-state index contributed by atoms with van der Waals surface area (Å²) in [5.41, 5.74) is 0.772. The van der Waals surface area contributed by atoms with Gasteiger partial charge in [0.25, 0.3) is 5.91 Å². The van der Waals surface area contributed by atoms with Crippen LogP contribution in [0.5, 0.6) is 11.5 Å². The maximum absolute atomic E-state index is 13.2. The fraction of sp³-hybridized carbons (Fsp3) is 0.278. The molecule has 0 heterocycles. The van der Waals surface area contributed by atoms with E-state index in [-0.39, 0.29) is 23.1 Å². The first-order valence-electron chi connectivity index (χ1n) is 7.53. The predicted octanol–water partition coefficient (Wildman–Crippen LogP) is 3.43. The minimum absolute atomic E-state index is 0.119. The highest BCUT2D eigenvalue weighted by Gasteiger charge is 2.16. The molecule has 0 aromatic heterocycles. The first-order valence-corrected chi connectivity index (χ1v) is 7.53. The number of nitrogens with one attached hydrogen (secondary N) is 1. The van der Waals surface area contributed by atoms with Gasteiger partial charge in [-0.1, -0.05) is 12.1 Å². The Morgan fingerprint density at radius 3 is 2.67 bits per heavy atom. The fourth-order valence-electron chi connectivity index (χ4n) is 2.32. The largest absolute Gasteiger partial charge is 0.504 e. The van der Waals surface area contributed by atoms with Crippen molar-refractivity contribution in [3.8, 4) is 11.5 Å². The Morgan fingerprint density at radius 2 is 2.00 bits per heavy atom. The predicted molar refractivity (Wildman–Crippen MR) is 86.3 cm³/mol. The molecule has 0 aliphatic carbocycles. The summed E-state index contributed by atoms with van der Waals surface area (Å²) in [5, 5.41) is 12.7. The molecule has 1 amide bonds. The quantitative estimate of drug-likeness (QED) is 0.850. The Morgan fingerprint density at radius 1 is 1.25 bits per heavy atom. The normalized spacial score (nSPS) is 11.8. The standard InChI is InChI=1S/C18H19F2NO3/c1-11(6-7-12-8-9-14(19)15(20)10-12)21-18(23)13-4-3-5-16(24-2)17(13)22/h3-5,8-11,22H,6-7H2,1-2H3,(H,21,23). The molecule has 0 bridgehead atoms. The Labute approximate surface area is 139 Å². The second kappa shape index (κ2) is 7.77. The molecule has 24 heavy (non-hydrogen) atoms. The van der Waals surface area contributed by atoms with Gasteiger partial charge in [0.1, 0.15) is 0 Å². The van der Waals surface area contributed by atoms with Crippen molar-refractivity contribution in [1.29, 1.82) is 0 Å². The van der Waals surface area contributed by atoms with E-state index in [2.05, 4.69) is 5.32 Å². The van der Waals surface area contributed by atoms with Crippen molar-refractivity contribution in [2.24, 2.45) is 0 Å². The SMILES string of the molecule is COc1cccc(C(=O)NC(C)CCc2ccc(F)c(F)c2)c1O. The number of benzene rings is 2. The highest BCUT2D eigenvalue weighted by Crippen LogP contribution is 2.29. The summed E-state index contributed by atoms with van der Waals surface area (Å²) in [5.74, 6) is -2.19. The van der Waals surface area contributed by atoms with Gasteiger partial charge < -0.3 is 15.2 Å². The van der Waals surface area contributed by atoms with E-state index in [0.29, 0.717) is 18.4 Å². The summed E-state index contributed by atoms with van der Waals surface area (Å²) in [7, 11) is 1.40. The molecule has 2 N–H and O–H groups in total. The van der Waals surface area contributed by atoms with Crippen LogP contribution in [0.15, 0.2) is 36.4 Å². The van der Waals surface area contributed by atoms with Gasteiger partial charge in [0.2, 0.25) is 0 Å². The van der Waals surface area contributed by atoms with Gasteiger partial charge in [-0.3, -0.25) is 4.79 Å². The number of halogens is 2. The van der Waals surface area contributed by atoms with Crippen LogP contribution in [0.25, 0.3) is 0 Å². The van der Waals surface area contributed by atoms with Crippen molar-refractivity contribution >= 4 is 5.91 Å². The Balaban J connectivity index is 1.95. The van der Waals surface area contributed by atoms with E-state index in [4.69, 9.17) is 4.74 Å². The number of aromatic hydroxyl groups is 1. The lowest BCUT2D eigenvalue weighted by molar-refractivity contribution is 0.0935. The number of hydrogen-bond acceptors (Lipinski definition) is 3. The summed E-state index contributed by atoms with van der Waals surface area (Å²) in [4.78, 5) is 12.2. The maximum atomic E-state index is 13.2. The van der Waals surface area contributed by atoms with Crippen LogP contribution >= 0.6 is 0 Å². The van der Waals surface area contributed by atoms with Crippen LogP contribution < -0.4 is 10.1 Å². The van der Waals surface area contributed by atoms with Gasteiger partial charge in [0, 0.05) is 6.04 Å². The van der Waals surface area contributed by atoms with E-state index in [1.165, 1.54) is 19.2 Å². The summed E-state index contributed by atoms with van der Waals surface area (Å²) >= 11 is 0. The third kappa shape index (κ3) is 4.22. The molecule has 2 aromatic carbocycles. The molecule has 0 spiro atoms. The molecule has 4 nitrogen and oxygen atoms in total. The minimum Gasteiger partial charge on any atom is -0.504 e. The smallest absolute Gasteiger partial charge is 0.255 e. The number of carbonyl (C=O) groups is 1. The monoisotopic (exact) mass is 335 g/mol. The van der Waals surface area contributed by atoms with E-state index in [0.717, 1.165) is 12.1 Å². The fourth-order valence-corrected chi connectivity index (χ4v) is 2.32. The maximum Gasteiger partial charge on any atom is 0.255 e. The molecule has 0 aliphatic rings. The lowest BCUT2D eigenvalue weighted by atomic mass is 10.1. The second-order valence-corrected chi connectivity index (χ2v) is 5.52. The average Bonchev–Trinajstić information content (AvgIpc) is 2.56. The zero-order valence-corrected chi connectivity index (χ0v) is 13.5. The van der Waals surface area contributed by atoms with Crippen LogP contribution in [0.4, 0.5) is 8.78 Å². The number of phenols is 1. The topological polar surface area (TPSA) is 58.6 Å². The highest BCUT2D eigenvalue weighted by atomic mass is 19.2. The number of phenolic OH excluding ortho intramolecular Hbond substituents is 1. The summed E-state index contributed by atoms with van der Waals surface area (Å²) in [6.45, 7) is 1.80. The Hall–Kier alpha value is -2.63. The van der Waals surface area contributed by atoms with Crippen LogP contribution in [0.1, 0.15) is 29.3 Å². The van der Waals surface area contributed by atoms with Crippen molar-refractivity contribution in [2.75, 3.05) is 7.11 Å². The van der Waals surface area contributed by atoms with E-state index in [1.54, 1.807) is 19.1 Å². The molecule has 128 valence electrons. The molecular weight excluding hydrogens is 316 g/mol. The van der Waals surface area contributed by atoms with Gasteiger partial charge in [-0.2, -0.15) is 0 Å². The molecule has 6 heteroatoms. The van der Waals surface area contributed by atoms with Crippen molar-refractivity contribution in [3.63, 3.8) is 0 Å². The molecule has 1 unspecified atom stereocenters. The number of aryl methyl sites for hydroxylation is 1. The van der Waals surface area contributed by atoms with Crippen molar-refractivity contribution in [3.05, 3.63) is 59.2 Å². The molecule has 0 aliphatic heterocycles. The van der Waals surface area contributed by atoms with Gasteiger partial charge in [0.05, 0.1) is 12.7 Å². The van der Waals surface area contributed by atoms with E-state index >= 15 is 0 Å². The molecule has 2 rings (SSSR count). The molecular formula is C18H19F2NO3. The molecule has 0 saturated heterocycles. The first-order chi connectivity index (χ1) is 11.4. The zero-order valence-electron chi connectivity index (χ0n) is 13.5. The molecule has 1 atom stereocenters. The van der Waals surface area contributed by atoms with Gasteiger partial charge in [-0.05, 0) is 49.6 Å². The van der Waals surface area contributed by atoms with Crippen LogP contribution in [0, 0.1) is 11.6 Å². The van der Waals surface area contributed by atoms with Crippen molar-refractivity contribution in [1.82, 2.24) is 5.32 Å². The van der Waals surface area contributed by atoms with Gasteiger partial charge >= 0.3 is 0 Å². The lowest BCUT2D eigenvalue weighted by Crippen LogP contribution is -2.33. The third-order valence-electron chi connectivity index (χ3n) is 3.69. The van der Waals surface area contributed by atoms with Gasteiger partial charge in [-0.25, -0.2) is 8.78 Å². The van der Waals surface area contributed by atoms with Crippen LogP contribution in [0.2, 0.25) is 0 Å². The van der Waals surface area contributed by atoms with Gasteiger partial charge in [0.15, 0.2) is 23.1 Å². The number of methoxy groups -OCH3 is 1. The summed E-state index contributed by atoms with van der Waals surface area (Å²) < 4.78 is 31.0. The number of carbonyl (C=O) groups excluding carboxylic acids is 1.